The first-order valence-electron chi connectivity index (χ1n) is 14.7. The molecule has 2 N–H and O–H groups in total. The monoisotopic (exact) mass is 614 g/mol. The topological polar surface area (TPSA) is 95.6 Å². The Morgan fingerprint density at radius 3 is 2.47 bits per heavy atom. The van der Waals surface area contributed by atoms with Gasteiger partial charge in [0.2, 0.25) is 5.56 Å². The molecule has 0 bridgehead atoms. The van der Waals surface area contributed by atoms with E-state index in [1.807, 2.05) is 12.4 Å². The molecule has 2 aromatic carbocycles. The van der Waals surface area contributed by atoms with E-state index in [0.29, 0.717) is 13.2 Å². The van der Waals surface area contributed by atoms with E-state index in [1.54, 1.807) is 29.6 Å². The van der Waals surface area contributed by atoms with Gasteiger partial charge in [0.05, 0.1) is 38.2 Å². The highest BCUT2D eigenvalue weighted by molar-refractivity contribution is 8.05. The van der Waals surface area contributed by atoms with Crippen molar-refractivity contribution < 1.29 is 9.47 Å². The van der Waals surface area contributed by atoms with Crippen molar-refractivity contribution in [3.8, 4) is 11.3 Å². The largest absolute Gasteiger partial charge is 0.379 e. The minimum atomic E-state index is -0.0917. The molecule has 11 heteroatoms. The first-order valence-corrected chi connectivity index (χ1v) is 16.3. The molecule has 3 aliphatic heterocycles. The third-order valence-electron chi connectivity index (χ3n) is 7.86. The first-order chi connectivity index (χ1) is 21.1. The predicted molar refractivity (Wildman–Crippen MR) is 170 cm³/mol. The Kier molecular flexibility index (Phi) is 8.40. The number of hydrogen-bond donors (Lipinski definition) is 2. The molecule has 1 unspecified atom stereocenters. The number of nitrogens with zero attached hydrogens (tertiary/aromatic N) is 4. The van der Waals surface area contributed by atoms with Crippen LogP contribution < -0.4 is 15.8 Å². The average molecular weight is 615 g/mol. The molecule has 9 nitrogen and oxygen atoms in total. The maximum Gasteiger partial charge on any atom is 0.250 e. The number of morpholine rings is 2. The smallest absolute Gasteiger partial charge is 0.250 e. The number of rotatable bonds is 7. The molecule has 4 aromatic rings. The summed E-state index contributed by atoms with van der Waals surface area (Å²) in [6.07, 6.45) is 3.88. The molecule has 222 valence electrons. The van der Waals surface area contributed by atoms with Crippen molar-refractivity contribution in [3.63, 3.8) is 0 Å². The highest BCUT2D eigenvalue weighted by Crippen LogP contribution is 2.52. The van der Waals surface area contributed by atoms with E-state index in [-0.39, 0.29) is 11.6 Å². The molecular weight excluding hydrogens is 581 g/mol. The van der Waals surface area contributed by atoms with Gasteiger partial charge in [0.15, 0.2) is 0 Å². The van der Waals surface area contributed by atoms with Crippen LogP contribution in [0, 0.1) is 0 Å². The van der Waals surface area contributed by atoms with Gasteiger partial charge in [-0.05, 0) is 37.3 Å². The van der Waals surface area contributed by atoms with Crippen LogP contribution >= 0.6 is 23.5 Å². The molecule has 2 aromatic heterocycles. The molecule has 0 radical (unpaired) electrons. The van der Waals surface area contributed by atoms with Crippen molar-refractivity contribution >= 4 is 34.9 Å². The maximum absolute atomic E-state index is 12.7. The van der Waals surface area contributed by atoms with Crippen molar-refractivity contribution in [3.05, 3.63) is 82.7 Å². The lowest BCUT2D eigenvalue weighted by atomic mass is 10.1. The zero-order valence-electron chi connectivity index (χ0n) is 24.0. The molecule has 3 aliphatic rings. The molecular formula is C32H34N6O3S2. The molecule has 2 saturated heterocycles. The minimum Gasteiger partial charge on any atom is -0.379 e. The summed E-state index contributed by atoms with van der Waals surface area (Å²) in [5.74, 6) is 0.772. The van der Waals surface area contributed by atoms with Gasteiger partial charge in [0.25, 0.3) is 0 Å². The number of nitrogens with one attached hydrogen (secondary N) is 2. The normalized spacial score (nSPS) is 17.7. The third kappa shape index (κ3) is 6.46. The summed E-state index contributed by atoms with van der Waals surface area (Å²) < 4.78 is 11.0. The van der Waals surface area contributed by atoms with Crippen LogP contribution in [0.3, 0.4) is 0 Å². The molecule has 43 heavy (non-hydrogen) atoms. The van der Waals surface area contributed by atoms with Crippen LogP contribution in [0.15, 0.2) is 85.3 Å². The van der Waals surface area contributed by atoms with Gasteiger partial charge in [0, 0.05) is 93.3 Å². The summed E-state index contributed by atoms with van der Waals surface area (Å²) in [6.45, 7) is 9.33. The lowest BCUT2D eigenvalue weighted by Crippen LogP contribution is -2.36. The number of aromatic nitrogens is 3. The van der Waals surface area contributed by atoms with Crippen molar-refractivity contribution in [2.45, 2.75) is 39.1 Å². The number of anilines is 2. The van der Waals surface area contributed by atoms with Crippen molar-refractivity contribution in [1.29, 1.82) is 0 Å². The number of H-pyrrole nitrogens is 1. The summed E-state index contributed by atoms with van der Waals surface area (Å²) in [6, 6.07) is 16.5. The quantitative estimate of drug-likeness (QED) is 0.252. The van der Waals surface area contributed by atoms with Gasteiger partial charge in [-0.25, -0.2) is 9.97 Å². The van der Waals surface area contributed by atoms with Crippen LogP contribution in [0.1, 0.15) is 24.4 Å². The number of hydrogen-bond acceptors (Lipinski definition) is 10. The zero-order valence-corrected chi connectivity index (χ0v) is 25.7. The molecule has 5 heterocycles. The number of pyridine rings is 1. The van der Waals surface area contributed by atoms with Gasteiger partial charge in [-0.15, -0.1) is 0 Å². The van der Waals surface area contributed by atoms with Crippen molar-refractivity contribution in [2.24, 2.45) is 0 Å². The summed E-state index contributed by atoms with van der Waals surface area (Å²) in [4.78, 5) is 34.4. The Labute approximate surface area is 259 Å². The highest BCUT2D eigenvalue weighted by atomic mass is 32.2. The molecule has 1 atom stereocenters. The highest BCUT2D eigenvalue weighted by Gasteiger charge is 2.23. The maximum atomic E-state index is 12.7. The molecule has 7 rings (SSSR count). The minimum absolute atomic E-state index is 0.0359. The van der Waals surface area contributed by atoms with Gasteiger partial charge < -0.3 is 24.7 Å². The lowest BCUT2D eigenvalue weighted by molar-refractivity contribution is 0.0341. The molecule has 0 aliphatic carbocycles. The number of aromatic amines is 1. The average Bonchev–Trinajstić information content (AvgIpc) is 3.04. The van der Waals surface area contributed by atoms with E-state index in [2.05, 4.69) is 79.5 Å². The van der Waals surface area contributed by atoms with Gasteiger partial charge in [-0.3, -0.25) is 9.69 Å². The van der Waals surface area contributed by atoms with Crippen molar-refractivity contribution in [2.75, 3.05) is 62.8 Å². The zero-order chi connectivity index (χ0) is 29.2. The Morgan fingerprint density at radius 1 is 0.907 bits per heavy atom. The fourth-order valence-corrected chi connectivity index (χ4v) is 8.00. The Bertz CT molecular complexity index is 1650. The molecule has 0 amide bonds. The van der Waals surface area contributed by atoms with Crippen molar-refractivity contribution in [1.82, 2.24) is 19.9 Å². The van der Waals surface area contributed by atoms with Crippen LogP contribution in [0.25, 0.3) is 11.3 Å². The standard InChI is InChI=1S/C32H34N6O3S2/c1-21(32-33-18-22(19-34-32)20-37-7-11-40-12-8-37)35-23-5-6-27-29(15-23)42-28-4-2-3-25(31(28)43-27)26-16-24(17-30(39)36-26)38-9-13-41-14-10-38/h2-6,15-19,21,35H,7-14,20H2,1H3,(H,36,39). The first kappa shape index (κ1) is 28.4. The van der Waals surface area contributed by atoms with Crippen LogP contribution in [0.4, 0.5) is 11.4 Å². The fraction of sp³-hybridized carbons (Fsp3) is 0.344. The van der Waals surface area contributed by atoms with Crippen LogP contribution in [-0.4, -0.2) is 72.5 Å². The van der Waals surface area contributed by atoms with E-state index in [1.165, 1.54) is 14.7 Å². The van der Waals surface area contributed by atoms with E-state index in [9.17, 15) is 4.79 Å². The summed E-state index contributed by atoms with van der Waals surface area (Å²) in [5, 5.41) is 3.59. The summed E-state index contributed by atoms with van der Waals surface area (Å²) in [5.41, 5.74) is 4.88. The lowest BCUT2D eigenvalue weighted by Gasteiger charge is -2.29. The van der Waals surface area contributed by atoms with Gasteiger partial charge in [-0.1, -0.05) is 35.7 Å². The van der Waals surface area contributed by atoms with Crippen LogP contribution in [-0.2, 0) is 16.0 Å². The van der Waals surface area contributed by atoms with Gasteiger partial charge in [-0.2, -0.15) is 0 Å². The fourth-order valence-electron chi connectivity index (χ4n) is 5.58. The predicted octanol–water partition coefficient (Wildman–Crippen LogP) is 5.29. The molecule has 0 spiro atoms. The van der Waals surface area contributed by atoms with Crippen LogP contribution in [0.5, 0.6) is 0 Å². The SMILES string of the molecule is CC(Nc1ccc2c(c1)Sc1cccc(-c3cc(N4CCOCC4)cc(=O)[nH]3)c1S2)c1ncc(CN2CCOCC2)cn1. The van der Waals surface area contributed by atoms with Gasteiger partial charge >= 0.3 is 0 Å². The number of ether oxygens (including phenoxy) is 2. The van der Waals surface area contributed by atoms with E-state index >= 15 is 0 Å². The second-order valence-electron chi connectivity index (χ2n) is 10.9. The Balaban J connectivity index is 1.06. The van der Waals surface area contributed by atoms with E-state index in [0.717, 1.165) is 84.9 Å². The third-order valence-corrected chi connectivity index (χ3v) is 10.5. The number of fused-ring (bicyclic) bond motifs is 2. The second-order valence-corrected chi connectivity index (χ2v) is 13.1. The second kappa shape index (κ2) is 12.7. The summed E-state index contributed by atoms with van der Waals surface area (Å²) >= 11 is 3.51. The summed E-state index contributed by atoms with van der Waals surface area (Å²) in [7, 11) is 0. The molecule has 0 saturated carbocycles. The van der Waals surface area contributed by atoms with E-state index in [4.69, 9.17) is 9.47 Å². The Hall–Kier alpha value is -3.35. The van der Waals surface area contributed by atoms with Gasteiger partial charge in [0.1, 0.15) is 5.82 Å². The van der Waals surface area contributed by atoms with E-state index < -0.39 is 0 Å². The Morgan fingerprint density at radius 2 is 1.67 bits per heavy atom. The van der Waals surface area contributed by atoms with Crippen LogP contribution in [0.2, 0.25) is 0 Å². The number of benzene rings is 2. The molecule has 2 fully saturated rings.